The van der Waals surface area contributed by atoms with Gasteiger partial charge in [0, 0.05) is 27.2 Å². The van der Waals surface area contributed by atoms with E-state index in [9.17, 15) is 4.39 Å². The fourth-order valence-electron chi connectivity index (χ4n) is 2.17. The van der Waals surface area contributed by atoms with E-state index in [0.29, 0.717) is 13.1 Å². The van der Waals surface area contributed by atoms with Crippen molar-refractivity contribution in [1.29, 1.82) is 0 Å². The van der Waals surface area contributed by atoms with Crippen LogP contribution in [0.5, 0.6) is 0 Å². The summed E-state index contributed by atoms with van der Waals surface area (Å²) >= 11 is 0. The number of halogens is 1. The molecule has 124 valence electrons. The molecule has 1 rings (SSSR count). The van der Waals surface area contributed by atoms with E-state index in [1.807, 2.05) is 6.07 Å². The highest BCUT2D eigenvalue weighted by Gasteiger charge is 2.24. The number of hydrogen-bond acceptors (Lipinski definition) is 2. The summed E-state index contributed by atoms with van der Waals surface area (Å²) in [6.07, 6.45) is 0.833. The smallest absolute Gasteiger partial charge is 0.191 e. The molecule has 0 spiro atoms. The van der Waals surface area contributed by atoms with E-state index in [1.54, 1.807) is 26.3 Å². The van der Waals surface area contributed by atoms with Gasteiger partial charge in [-0.3, -0.25) is 4.99 Å². The molecular formula is C17H28FN3O. The zero-order valence-electron chi connectivity index (χ0n) is 14.2. The van der Waals surface area contributed by atoms with Crippen LogP contribution in [0.1, 0.15) is 26.3 Å². The summed E-state index contributed by atoms with van der Waals surface area (Å²) in [5, 5.41) is 6.49. The molecule has 0 aliphatic heterocycles. The highest BCUT2D eigenvalue weighted by Crippen LogP contribution is 2.20. The Balaban J connectivity index is 2.40. The lowest BCUT2D eigenvalue weighted by Gasteiger charge is -2.30. The van der Waals surface area contributed by atoms with E-state index >= 15 is 0 Å². The molecule has 0 amide bonds. The van der Waals surface area contributed by atoms with Crippen LogP contribution < -0.4 is 10.6 Å². The quantitative estimate of drug-likeness (QED) is 0.627. The van der Waals surface area contributed by atoms with Crippen LogP contribution in [0.25, 0.3) is 0 Å². The maximum absolute atomic E-state index is 13.1. The van der Waals surface area contributed by atoms with Crippen LogP contribution in [0.15, 0.2) is 29.3 Å². The molecule has 5 heteroatoms. The van der Waals surface area contributed by atoms with Crippen molar-refractivity contribution in [2.75, 3.05) is 27.2 Å². The number of rotatable bonds is 6. The van der Waals surface area contributed by atoms with Gasteiger partial charge in [0.1, 0.15) is 5.82 Å². The van der Waals surface area contributed by atoms with Crippen LogP contribution in [-0.4, -0.2) is 39.3 Å². The Bertz CT molecular complexity index is 483. The predicted octanol–water partition coefficient (Wildman–Crippen LogP) is 2.59. The number of aliphatic imine (C=N–C) groups is 1. The topological polar surface area (TPSA) is 45.7 Å². The van der Waals surface area contributed by atoms with Gasteiger partial charge >= 0.3 is 0 Å². The number of nitrogens with zero attached hydrogens (tertiary/aromatic N) is 1. The first-order valence-electron chi connectivity index (χ1n) is 7.58. The molecule has 0 heterocycles. The maximum Gasteiger partial charge on any atom is 0.191 e. The van der Waals surface area contributed by atoms with E-state index in [1.165, 1.54) is 6.07 Å². The highest BCUT2D eigenvalue weighted by molar-refractivity contribution is 5.79. The highest BCUT2D eigenvalue weighted by atomic mass is 19.1. The summed E-state index contributed by atoms with van der Waals surface area (Å²) in [5.74, 6) is 0.524. The molecule has 1 unspecified atom stereocenters. The van der Waals surface area contributed by atoms with E-state index in [4.69, 9.17) is 4.74 Å². The van der Waals surface area contributed by atoms with Crippen molar-refractivity contribution in [3.8, 4) is 0 Å². The number of benzene rings is 1. The van der Waals surface area contributed by atoms with Gasteiger partial charge in [0.25, 0.3) is 0 Å². The van der Waals surface area contributed by atoms with Crippen LogP contribution in [0.4, 0.5) is 4.39 Å². The molecule has 0 saturated heterocycles. The first-order valence-corrected chi connectivity index (χ1v) is 7.58. The Morgan fingerprint density at radius 3 is 2.59 bits per heavy atom. The first-order chi connectivity index (χ1) is 10.4. The minimum absolute atomic E-state index is 0.0577. The number of ether oxygens (including phenoxy) is 1. The van der Waals surface area contributed by atoms with E-state index in [-0.39, 0.29) is 17.3 Å². The van der Waals surface area contributed by atoms with Crippen molar-refractivity contribution in [3.63, 3.8) is 0 Å². The molecule has 2 N–H and O–H groups in total. The zero-order valence-corrected chi connectivity index (χ0v) is 14.2. The second-order valence-electron chi connectivity index (χ2n) is 6.35. The molecule has 22 heavy (non-hydrogen) atoms. The summed E-state index contributed by atoms with van der Waals surface area (Å²) in [6.45, 7) is 7.80. The van der Waals surface area contributed by atoms with E-state index < -0.39 is 0 Å². The zero-order chi connectivity index (χ0) is 16.6. The largest absolute Gasteiger partial charge is 0.379 e. The van der Waals surface area contributed by atoms with Gasteiger partial charge in [0.15, 0.2) is 5.96 Å². The standard InChI is InChI=1S/C17H28FN3O/c1-17(2,3)15(22-5)12-21-16(19-4)20-10-9-13-7-6-8-14(18)11-13/h6-8,11,15H,9-10,12H2,1-5H3,(H2,19,20,21). The van der Waals surface area contributed by atoms with Crippen molar-refractivity contribution >= 4 is 5.96 Å². The van der Waals surface area contributed by atoms with Gasteiger partial charge in [0.05, 0.1) is 6.10 Å². The Morgan fingerprint density at radius 2 is 2.05 bits per heavy atom. The normalized spacial score (nSPS) is 13.8. The van der Waals surface area contributed by atoms with Crippen molar-refractivity contribution in [1.82, 2.24) is 10.6 Å². The molecule has 0 bridgehead atoms. The van der Waals surface area contributed by atoms with Gasteiger partial charge in [-0.15, -0.1) is 0 Å². The third-order valence-electron chi connectivity index (χ3n) is 3.52. The molecule has 0 radical (unpaired) electrons. The Hall–Kier alpha value is -1.62. The minimum Gasteiger partial charge on any atom is -0.379 e. The SMILES string of the molecule is CN=C(NCCc1cccc(F)c1)NCC(OC)C(C)(C)C. The third kappa shape index (κ3) is 6.43. The minimum atomic E-state index is -0.201. The second-order valence-corrected chi connectivity index (χ2v) is 6.35. The van der Waals surface area contributed by atoms with E-state index in [2.05, 4.69) is 36.4 Å². The van der Waals surface area contributed by atoms with Crippen LogP contribution in [0, 0.1) is 11.2 Å². The Labute approximate surface area is 133 Å². The average Bonchev–Trinajstić information content (AvgIpc) is 2.44. The van der Waals surface area contributed by atoms with E-state index in [0.717, 1.165) is 17.9 Å². The van der Waals surface area contributed by atoms with Gasteiger partial charge in [-0.05, 0) is 29.5 Å². The summed E-state index contributed by atoms with van der Waals surface area (Å²) in [4.78, 5) is 4.19. The number of methoxy groups -OCH3 is 1. The lowest BCUT2D eigenvalue weighted by molar-refractivity contribution is 0.0205. The van der Waals surface area contributed by atoms with Gasteiger partial charge in [-0.25, -0.2) is 4.39 Å². The van der Waals surface area contributed by atoms with Crippen molar-refractivity contribution in [2.24, 2.45) is 10.4 Å². The van der Waals surface area contributed by atoms with Gasteiger partial charge in [-0.1, -0.05) is 32.9 Å². The van der Waals surface area contributed by atoms with Crippen molar-refractivity contribution < 1.29 is 9.13 Å². The molecule has 1 aromatic carbocycles. The molecule has 0 saturated carbocycles. The summed E-state index contributed by atoms with van der Waals surface area (Å²) in [6, 6.07) is 6.65. The van der Waals surface area contributed by atoms with Crippen LogP contribution in [0.2, 0.25) is 0 Å². The van der Waals surface area contributed by atoms with Crippen LogP contribution in [-0.2, 0) is 11.2 Å². The lowest BCUT2D eigenvalue weighted by Crippen LogP contribution is -2.45. The van der Waals surface area contributed by atoms with Crippen molar-refractivity contribution in [2.45, 2.75) is 33.3 Å². The number of nitrogens with one attached hydrogen (secondary N) is 2. The van der Waals surface area contributed by atoms with Gasteiger partial charge < -0.3 is 15.4 Å². The van der Waals surface area contributed by atoms with Gasteiger partial charge in [0.2, 0.25) is 0 Å². The van der Waals surface area contributed by atoms with Gasteiger partial charge in [-0.2, -0.15) is 0 Å². The van der Waals surface area contributed by atoms with Crippen LogP contribution >= 0.6 is 0 Å². The predicted molar refractivity (Wildman–Crippen MR) is 89.7 cm³/mol. The first kappa shape index (κ1) is 18.4. The Kier molecular flexibility index (Phi) is 7.32. The second kappa shape index (κ2) is 8.73. The molecule has 4 nitrogen and oxygen atoms in total. The summed E-state index contributed by atoms with van der Waals surface area (Å²) in [7, 11) is 3.45. The molecule has 0 aliphatic rings. The Morgan fingerprint density at radius 1 is 1.32 bits per heavy atom. The molecule has 0 aliphatic carbocycles. The monoisotopic (exact) mass is 309 g/mol. The van der Waals surface area contributed by atoms with Crippen LogP contribution in [0.3, 0.4) is 0 Å². The molecule has 0 aromatic heterocycles. The summed E-state index contributed by atoms with van der Waals surface area (Å²) < 4.78 is 18.6. The van der Waals surface area contributed by atoms with Crippen molar-refractivity contribution in [3.05, 3.63) is 35.6 Å². The summed E-state index contributed by atoms with van der Waals surface area (Å²) in [5.41, 5.74) is 1.02. The molecule has 1 atom stereocenters. The number of hydrogen-bond donors (Lipinski definition) is 2. The fraction of sp³-hybridized carbons (Fsp3) is 0.588. The lowest BCUT2D eigenvalue weighted by atomic mass is 9.89. The molecule has 1 aromatic rings. The fourth-order valence-corrected chi connectivity index (χ4v) is 2.17. The maximum atomic E-state index is 13.1. The average molecular weight is 309 g/mol. The molecular weight excluding hydrogens is 281 g/mol. The molecule has 0 fully saturated rings. The third-order valence-corrected chi connectivity index (χ3v) is 3.52. The number of guanidine groups is 1.